The quantitative estimate of drug-likeness (QED) is 0.0335. The summed E-state index contributed by atoms with van der Waals surface area (Å²) in [6.07, 6.45) is 3.22. The molecule has 0 amide bonds. The molecule has 12 N–H and O–H groups in total. The van der Waals surface area contributed by atoms with Gasteiger partial charge < -0.3 is 35.7 Å². The van der Waals surface area contributed by atoms with E-state index in [1.54, 1.807) is 133 Å². The molecule has 0 fully saturated rings. The molecule has 5 aromatic heterocycles. The smallest absolute Gasteiger partial charge is 0.173 e. The number of phenols is 7. The maximum absolute atomic E-state index is 10.9. The van der Waals surface area contributed by atoms with Gasteiger partial charge >= 0.3 is 0 Å². The van der Waals surface area contributed by atoms with E-state index < -0.39 is 0 Å². The van der Waals surface area contributed by atoms with Crippen LogP contribution in [0.25, 0.3) is 55.2 Å². The molecule has 5 heterocycles. The SMILES string of the molecule is O=Cc1cc(N=Nc2ccc3n[nH]nc3c2)c(O)cc1O.O=Cc1cc(O)cc(O)c1N=Nc1ccc2n[nH]nc2c1.O=Cc1ccc(N=Nc2cc3n[nH]nc3cc2O)cc1.O=Cc1ccc(N=Nc2ccc(O)c3n[nH]nc23)cc1.O=Cc1ccc(N=Nc2ccc3n[nH]nc3c2O)cc1. The summed E-state index contributed by atoms with van der Waals surface area (Å²) in [5, 5.41) is 158. The number of aromatic amines is 5. The van der Waals surface area contributed by atoms with Gasteiger partial charge in [-0.2, -0.15) is 103 Å². The molecular formula is C65H45N25O12. The number of fused-ring (bicyclic) bond motifs is 5. The lowest BCUT2D eigenvalue weighted by atomic mass is 10.2. The van der Waals surface area contributed by atoms with E-state index in [1.165, 1.54) is 24.3 Å². The molecule has 0 saturated carbocycles. The maximum atomic E-state index is 10.9. The van der Waals surface area contributed by atoms with Crippen LogP contribution in [-0.2, 0) is 0 Å². The van der Waals surface area contributed by atoms with Crippen molar-refractivity contribution in [3.63, 3.8) is 0 Å². The van der Waals surface area contributed by atoms with Crippen LogP contribution in [0.5, 0.6) is 40.2 Å². The number of hydrogen-bond acceptors (Lipinski definition) is 32. The van der Waals surface area contributed by atoms with Crippen molar-refractivity contribution in [2.24, 2.45) is 51.1 Å². The largest absolute Gasteiger partial charge is 0.508 e. The number of phenolic OH excluding ortho intramolecular Hbond substituents is 7. The molecule has 37 heteroatoms. The van der Waals surface area contributed by atoms with Crippen LogP contribution in [0.2, 0.25) is 0 Å². The summed E-state index contributed by atoms with van der Waals surface area (Å²) in [7, 11) is 0. The molecule has 0 radical (unpaired) electrons. The lowest BCUT2D eigenvalue weighted by molar-refractivity contribution is 0.111. The van der Waals surface area contributed by atoms with Crippen molar-refractivity contribution in [2.45, 2.75) is 0 Å². The number of carbonyl (C=O) groups is 5. The van der Waals surface area contributed by atoms with Crippen LogP contribution < -0.4 is 0 Å². The molecule has 0 bridgehead atoms. The van der Waals surface area contributed by atoms with Gasteiger partial charge in [0.2, 0.25) is 0 Å². The molecule has 0 aliphatic heterocycles. The molecule has 0 atom stereocenters. The van der Waals surface area contributed by atoms with Crippen LogP contribution in [-0.4, -0.2) is 144 Å². The van der Waals surface area contributed by atoms with Crippen LogP contribution in [0, 0.1) is 0 Å². The number of H-pyrrole nitrogens is 5. The molecule has 10 aromatic carbocycles. The number of aromatic hydroxyl groups is 7. The van der Waals surface area contributed by atoms with Crippen LogP contribution in [0.1, 0.15) is 51.8 Å². The molecule has 0 spiro atoms. The van der Waals surface area contributed by atoms with E-state index in [0.29, 0.717) is 130 Å². The number of rotatable bonds is 15. The second-order valence-electron chi connectivity index (χ2n) is 20.6. The molecule has 0 saturated heterocycles. The predicted molar refractivity (Wildman–Crippen MR) is 361 cm³/mol. The van der Waals surface area contributed by atoms with Crippen molar-refractivity contribution < 1.29 is 59.7 Å². The van der Waals surface area contributed by atoms with E-state index in [2.05, 4.69) is 128 Å². The minimum absolute atomic E-state index is 0.0111. The standard InChI is InChI=1S/2C13H9N5O3.3C13H9N5O2/c19-6-7-3-9(20)5-12(21)13(7)17-14-8-1-2-10-11(4-8)16-18-15-10;19-6-7-3-11(13(21)5-12(7)20)15-14-8-1-2-9-10(4-8)17-18-16-9;19-7-8-1-3-9(4-2-8)14-15-12-5-10-11(6-13(12)20)17-18-16-10;19-7-8-1-3-9(4-2-8)14-15-11-6-5-10-12(13(11)20)17-18-16-10;19-7-8-1-3-9(4-2-8)14-15-10-5-6-11(20)13-12(10)16-18-17-13/h1-6,20-21H,(H,15,16,18);1-6,20-21H,(H,16,17,18);3*1-7,20H,(H,16,17,18). The fourth-order valence-corrected chi connectivity index (χ4v) is 8.67. The number of nitrogens with one attached hydrogen (secondary N) is 5. The van der Waals surface area contributed by atoms with Crippen molar-refractivity contribution >= 4 is 143 Å². The van der Waals surface area contributed by atoms with Crippen LogP contribution >= 0.6 is 0 Å². The highest BCUT2D eigenvalue weighted by atomic mass is 16.3. The zero-order valence-electron chi connectivity index (χ0n) is 51.7. The summed E-state index contributed by atoms with van der Waals surface area (Å²) in [6, 6.07) is 44.0. The van der Waals surface area contributed by atoms with Gasteiger partial charge in [0, 0.05) is 40.5 Å². The second kappa shape index (κ2) is 31.6. The highest BCUT2D eigenvalue weighted by Gasteiger charge is 2.14. The number of hydrogen-bond donors (Lipinski definition) is 12. The van der Waals surface area contributed by atoms with Gasteiger partial charge in [-0.05, 0) is 152 Å². The van der Waals surface area contributed by atoms with Gasteiger partial charge in [0.15, 0.2) is 29.4 Å². The fraction of sp³-hybridized carbons (Fsp3) is 0. The minimum Gasteiger partial charge on any atom is -0.508 e. The van der Waals surface area contributed by atoms with Crippen LogP contribution in [0.4, 0.5) is 56.9 Å². The molecule has 502 valence electrons. The Hall–Kier alpha value is -15.9. The minimum atomic E-state index is -0.330. The van der Waals surface area contributed by atoms with Gasteiger partial charge in [-0.3, -0.25) is 24.0 Å². The Morgan fingerprint density at radius 2 is 0.657 bits per heavy atom. The Morgan fingerprint density at radius 1 is 0.255 bits per heavy atom. The van der Waals surface area contributed by atoms with E-state index in [0.717, 1.165) is 31.0 Å². The molecule has 0 unspecified atom stereocenters. The second-order valence-corrected chi connectivity index (χ2v) is 20.6. The molecule has 102 heavy (non-hydrogen) atoms. The van der Waals surface area contributed by atoms with Crippen molar-refractivity contribution in [1.29, 1.82) is 0 Å². The summed E-state index contributed by atoms with van der Waals surface area (Å²) in [5.74, 6) is -1.22. The van der Waals surface area contributed by atoms with E-state index in [9.17, 15) is 59.7 Å². The summed E-state index contributed by atoms with van der Waals surface area (Å²) in [6.45, 7) is 0. The fourth-order valence-electron chi connectivity index (χ4n) is 8.67. The van der Waals surface area contributed by atoms with E-state index in [1.807, 2.05) is 0 Å². The summed E-state index contributed by atoms with van der Waals surface area (Å²) in [5.41, 5.74) is 11.2. The Bertz CT molecular complexity index is 5650. The Kier molecular flexibility index (Phi) is 20.9. The average molecular weight is 1370 g/mol. The van der Waals surface area contributed by atoms with E-state index in [-0.39, 0.29) is 62.7 Å². The van der Waals surface area contributed by atoms with Gasteiger partial charge in [-0.25, -0.2) is 0 Å². The van der Waals surface area contributed by atoms with Crippen LogP contribution in [0.3, 0.4) is 0 Å². The molecule has 37 nitrogen and oxygen atoms in total. The van der Waals surface area contributed by atoms with Gasteiger partial charge in [0.25, 0.3) is 0 Å². The van der Waals surface area contributed by atoms with Gasteiger partial charge in [0.1, 0.15) is 126 Å². The first-order valence-corrected chi connectivity index (χ1v) is 29.1. The van der Waals surface area contributed by atoms with E-state index >= 15 is 0 Å². The predicted octanol–water partition coefficient (Wildman–Crippen LogP) is 13.9. The normalized spacial score (nSPS) is 11.2. The molecule has 15 rings (SSSR count). The Balaban J connectivity index is 0.000000128. The number of aldehydes is 5. The average Bonchev–Trinajstić information content (AvgIpc) is 1.51. The van der Waals surface area contributed by atoms with Gasteiger partial charge in [-0.15, -0.1) is 25.6 Å². The van der Waals surface area contributed by atoms with Crippen molar-refractivity contribution in [1.82, 2.24) is 77.1 Å². The maximum Gasteiger partial charge on any atom is 0.173 e. The molecule has 15 aromatic rings. The third kappa shape index (κ3) is 16.6. The van der Waals surface area contributed by atoms with Crippen LogP contribution in [0.15, 0.2) is 221 Å². The van der Waals surface area contributed by atoms with Crippen molar-refractivity contribution in [3.05, 3.63) is 198 Å². The highest BCUT2D eigenvalue weighted by molar-refractivity contribution is 5.91. The monoisotopic (exact) mass is 1370 g/mol. The topological polar surface area (TPSA) is 558 Å². The number of azo groups is 5. The first-order valence-electron chi connectivity index (χ1n) is 29.1. The summed E-state index contributed by atoms with van der Waals surface area (Å²) in [4.78, 5) is 53.3. The number of carbonyl (C=O) groups excluding carboxylic acids is 5. The lowest BCUT2D eigenvalue weighted by Crippen LogP contribution is -1.81. The van der Waals surface area contributed by atoms with Crippen molar-refractivity contribution in [3.8, 4) is 40.2 Å². The third-order valence-corrected chi connectivity index (χ3v) is 13.8. The third-order valence-electron chi connectivity index (χ3n) is 13.8. The number of nitrogens with zero attached hydrogens (tertiary/aromatic N) is 20. The highest BCUT2D eigenvalue weighted by Crippen LogP contribution is 2.38. The summed E-state index contributed by atoms with van der Waals surface area (Å²) >= 11 is 0. The number of benzene rings is 10. The summed E-state index contributed by atoms with van der Waals surface area (Å²) < 4.78 is 0. The lowest BCUT2D eigenvalue weighted by Gasteiger charge is -2.02. The van der Waals surface area contributed by atoms with Crippen molar-refractivity contribution in [2.75, 3.05) is 0 Å². The first-order chi connectivity index (χ1) is 49.6. The Morgan fingerprint density at radius 3 is 1.21 bits per heavy atom. The molecule has 0 aliphatic rings. The van der Waals surface area contributed by atoms with Gasteiger partial charge in [-0.1, -0.05) is 0 Å². The first kappa shape index (κ1) is 67.6. The van der Waals surface area contributed by atoms with E-state index in [4.69, 9.17) is 0 Å². The zero-order chi connectivity index (χ0) is 71.5. The van der Waals surface area contributed by atoms with Gasteiger partial charge in [0.05, 0.1) is 34.0 Å². The Labute approximate surface area is 567 Å². The molecule has 0 aliphatic carbocycles. The number of aromatic nitrogens is 15. The molecular weight excluding hydrogens is 1320 g/mol. The zero-order valence-corrected chi connectivity index (χ0v) is 51.7.